The van der Waals surface area contributed by atoms with Crippen LogP contribution in [0.2, 0.25) is 0 Å². The van der Waals surface area contributed by atoms with Crippen molar-refractivity contribution in [1.82, 2.24) is 4.98 Å². The molecule has 1 unspecified atom stereocenters. The zero-order chi connectivity index (χ0) is 14.7. The highest BCUT2D eigenvalue weighted by Crippen LogP contribution is 2.38. The summed E-state index contributed by atoms with van der Waals surface area (Å²) in [5.41, 5.74) is 7.83. The van der Waals surface area contributed by atoms with Gasteiger partial charge in [-0.2, -0.15) is 0 Å². The van der Waals surface area contributed by atoms with E-state index >= 15 is 0 Å². The number of benzene rings is 2. The summed E-state index contributed by atoms with van der Waals surface area (Å²) in [7, 11) is 0. The van der Waals surface area contributed by atoms with E-state index in [2.05, 4.69) is 4.98 Å². The Morgan fingerprint density at radius 3 is 1.86 bits per heavy atom. The number of aliphatic hydroxyl groups excluding tert-OH is 1. The summed E-state index contributed by atoms with van der Waals surface area (Å²) in [5, 5.41) is 11.3. The first-order valence-electron chi connectivity index (χ1n) is 6.75. The third kappa shape index (κ3) is 2.96. The molecule has 0 saturated carbocycles. The van der Waals surface area contributed by atoms with Crippen LogP contribution < -0.4 is 5.73 Å². The van der Waals surface area contributed by atoms with E-state index < -0.39 is 6.10 Å². The van der Waals surface area contributed by atoms with Gasteiger partial charge < -0.3 is 10.8 Å². The van der Waals surface area contributed by atoms with E-state index in [-0.39, 0.29) is 5.92 Å². The standard InChI is InChI=1S/C17H16N2OS/c18-17-19-11-14(21-17)16(20)15(12-7-3-1-4-8-12)13-9-5-2-6-10-13/h1-11,15-16,20H,(H2,18,19). The number of nitrogens with zero attached hydrogens (tertiary/aromatic N) is 1. The van der Waals surface area contributed by atoms with Crippen LogP contribution in [0.25, 0.3) is 0 Å². The molecule has 1 aromatic heterocycles. The van der Waals surface area contributed by atoms with Crippen LogP contribution in [0.5, 0.6) is 0 Å². The van der Waals surface area contributed by atoms with Crippen LogP contribution in [-0.2, 0) is 0 Å². The second-order valence-electron chi connectivity index (χ2n) is 4.84. The van der Waals surface area contributed by atoms with Crippen LogP contribution in [0, 0.1) is 0 Å². The van der Waals surface area contributed by atoms with Gasteiger partial charge in [0, 0.05) is 12.1 Å². The van der Waals surface area contributed by atoms with E-state index in [0.717, 1.165) is 16.0 Å². The summed E-state index contributed by atoms with van der Waals surface area (Å²) in [4.78, 5) is 4.83. The molecule has 0 amide bonds. The number of aromatic nitrogens is 1. The van der Waals surface area contributed by atoms with E-state index in [1.54, 1.807) is 6.20 Å². The molecule has 0 fully saturated rings. The maximum Gasteiger partial charge on any atom is 0.180 e. The molecule has 1 atom stereocenters. The quantitative estimate of drug-likeness (QED) is 0.773. The number of hydrogen-bond acceptors (Lipinski definition) is 4. The Morgan fingerprint density at radius 1 is 0.905 bits per heavy atom. The minimum atomic E-state index is -0.662. The largest absolute Gasteiger partial charge is 0.387 e. The number of aliphatic hydroxyl groups is 1. The maximum atomic E-state index is 10.8. The summed E-state index contributed by atoms with van der Waals surface area (Å²) >= 11 is 1.33. The maximum absolute atomic E-state index is 10.8. The lowest BCUT2D eigenvalue weighted by atomic mass is 9.86. The molecule has 106 valence electrons. The van der Waals surface area contributed by atoms with Gasteiger partial charge in [-0.25, -0.2) is 4.98 Å². The molecular weight excluding hydrogens is 280 g/mol. The molecule has 21 heavy (non-hydrogen) atoms. The van der Waals surface area contributed by atoms with E-state index in [9.17, 15) is 5.11 Å². The van der Waals surface area contributed by atoms with Crippen LogP contribution >= 0.6 is 11.3 Å². The number of rotatable bonds is 4. The molecule has 0 spiro atoms. The van der Waals surface area contributed by atoms with Crippen molar-refractivity contribution in [3.05, 3.63) is 82.9 Å². The molecule has 1 heterocycles. The predicted octanol–water partition coefficient (Wildman–Crippen LogP) is 3.59. The molecule has 3 nitrogen and oxygen atoms in total. The van der Waals surface area contributed by atoms with Gasteiger partial charge in [-0.15, -0.1) is 0 Å². The highest BCUT2D eigenvalue weighted by molar-refractivity contribution is 7.15. The Kier molecular flexibility index (Phi) is 3.99. The van der Waals surface area contributed by atoms with Crippen molar-refractivity contribution in [3.63, 3.8) is 0 Å². The number of thiazole rings is 1. The van der Waals surface area contributed by atoms with Crippen molar-refractivity contribution in [2.75, 3.05) is 5.73 Å². The van der Waals surface area contributed by atoms with Crippen molar-refractivity contribution >= 4 is 16.5 Å². The lowest BCUT2D eigenvalue weighted by Crippen LogP contribution is -2.11. The van der Waals surface area contributed by atoms with Gasteiger partial charge in [0.2, 0.25) is 0 Å². The molecular formula is C17H16N2OS. The van der Waals surface area contributed by atoms with Crippen LogP contribution in [-0.4, -0.2) is 10.1 Å². The fraction of sp³-hybridized carbons (Fsp3) is 0.118. The lowest BCUT2D eigenvalue weighted by molar-refractivity contribution is 0.162. The molecule has 4 heteroatoms. The molecule has 3 N–H and O–H groups in total. The zero-order valence-electron chi connectivity index (χ0n) is 11.4. The van der Waals surface area contributed by atoms with Gasteiger partial charge >= 0.3 is 0 Å². The van der Waals surface area contributed by atoms with Crippen LogP contribution in [0.15, 0.2) is 66.9 Å². The summed E-state index contributed by atoms with van der Waals surface area (Å²) in [6.45, 7) is 0. The fourth-order valence-electron chi connectivity index (χ4n) is 2.48. The van der Waals surface area contributed by atoms with Gasteiger partial charge in [0.1, 0.15) is 6.10 Å². The average molecular weight is 296 g/mol. The smallest absolute Gasteiger partial charge is 0.180 e. The van der Waals surface area contributed by atoms with Crippen LogP contribution in [0.1, 0.15) is 28.0 Å². The van der Waals surface area contributed by atoms with Crippen LogP contribution in [0.4, 0.5) is 5.13 Å². The average Bonchev–Trinajstić information content (AvgIpc) is 2.96. The second-order valence-corrected chi connectivity index (χ2v) is 5.94. The number of anilines is 1. The van der Waals surface area contributed by atoms with E-state index in [1.807, 2.05) is 60.7 Å². The van der Waals surface area contributed by atoms with Gasteiger partial charge in [0.05, 0.1) is 4.88 Å². The van der Waals surface area contributed by atoms with E-state index in [0.29, 0.717) is 5.13 Å². The third-order valence-corrected chi connectivity index (χ3v) is 4.36. The van der Waals surface area contributed by atoms with Gasteiger partial charge in [0.15, 0.2) is 5.13 Å². The Labute approximate surface area is 127 Å². The lowest BCUT2D eigenvalue weighted by Gasteiger charge is -2.23. The molecule has 0 aliphatic heterocycles. The first-order valence-corrected chi connectivity index (χ1v) is 7.56. The van der Waals surface area contributed by atoms with Crippen molar-refractivity contribution in [2.45, 2.75) is 12.0 Å². The monoisotopic (exact) mass is 296 g/mol. The number of nitrogen functional groups attached to an aromatic ring is 1. The molecule has 0 bridgehead atoms. The fourth-order valence-corrected chi connectivity index (χ4v) is 3.19. The van der Waals surface area contributed by atoms with Crippen molar-refractivity contribution < 1.29 is 5.11 Å². The Morgan fingerprint density at radius 2 is 1.43 bits per heavy atom. The first-order chi connectivity index (χ1) is 10.3. The van der Waals surface area contributed by atoms with Crippen molar-refractivity contribution in [3.8, 4) is 0 Å². The minimum Gasteiger partial charge on any atom is -0.387 e. The summed E-state index contributed by atoms with van der Waals surface area (Å²) in [6, 6.07) is 20.0. The van der Waals surface area contributed by atoms with Gasteiger partial charge in [-0.05, 0) is 11.1 Å². The first kappa shape index (κ1) is 13.8. The van der Waals surface area contributed by atoms with Crippen molar-refractivity contribution in [1.29, 1.82) is 0 Å². The predicted molar refractivity (Wildman–Crippen MR) is 86.2 cm³/mol. The van der Waals surface area contributed by atoms with Crippen LogP contribution in [0.3, 0.4) is 0 Å². The van der Waals surface area contributed by atoms with Gasteiger partial charge in [0.25, 0.3) is 0 Å². The highest BCUT2D eigenvalue weighted by Gasteiger charge is 2.26. The second kappa shape index (κ2) is 6.08. The summed E-state index contributed by atoms with van der Waals surface area (Å²) in [5.74, 6) is -0.132. The van der Waals surface area contributed by atoms with Gasteiger partial charge in [-0.3, -0.25) is 0 Å². The molecule has 3 rings (SSSR count). The number of nitrogens with two attached hydrogens (primary N) is 1. The topological polar surface area (TPSA) is 59.1 Å². The molecule has 0 aliphatic rings. The Hall–Kier alpha value is -2.17. The zero-order valence-corrected chi connectivity index (χ0v) is 12.2. The third-order valence-electron chi connectivity index (χ3n) is 3.47. The molecule has 0 aliphatic carbocycles. The molecule has 0 saturated heterocycles. The molecule has 0 radical (unpaired) electrons. The van der Waals surface area contributed by atoms with Gasteiger partial charge in [-0.1, -0.05) is 72.0 Å². The summed E-state index contributed by atoms with van der Waals surface area (Å²) < 4.78 is 0. The SMILES string of the molecule is Nc1ncc(C(O)C(c2ccccc2)c2ccccc2)s1. The normalized spacial score (nSPS) is 12.5. The Balaban J connectivity index is 2.04. The molecule has 2 aromatic carbocycles. The molecule has 3 aromatic rings. The van der Waals surface area contributed by atoms with E-state index in [1.165, 1.54) is 11.3 Å². The number of hydrogen-bond donors (Lipinski definition) is 2. The van der Waals surface area contributed by atoms with Crippen molar-refractivity contribution in [2.24, 2.45) is 0 Å². The van der Waals surface area contributed by atoms with E-state index in [4.69, 9.17) is 5.73 Å². The summed E-state index contributed by atoms with van der Waals surface area (Å²) in [6.07, 6.45) is 0.994. The minimum absolute atomic E-state index is 0.132. The highest BCUT2D eigenvalue weighted by atomic mass is 32.1. The Bertz CT molecular complexity index is 658.